The Morgan fingerprint density at radius 3 is 2.29 bits per heavy atom. The topological polar surface area (TPSA) is 69.6 Å². The lowest BCUT2D eigenvalue weighted by atomic mass is 10.0. The maximum Gasteiger partial charge on any atom is 0.305 e. The molecule has 28 heavy (non-hydrogen) atoms. The van der Waals surface area contributed by atoms with Crippen molar-refractivity contribution < 1.29 is 14.7 Å². The third-order valence-electron chi connectivity index (χ3n) is 5.44. The van der Waals surface area contributed by atoms with Crippen molar-refractivity contribution in [1.29, 1.82) is 0 Å². The number of nitrogens with zero attached hydrogens (tertiary/aromatic N) is 1. The molecule has 0 bridgehead atoms. The average Bonchev–Trinajstić information content (AvgIpc) is 3.11. The Labute approximate surface area is 166 Å². The third-order valence-corrected chi connectivity index (χ3v) is 5.44. The van der Waals surface area contributed by atoms with E-state index in [4.69, 9.17) is 5.11 Å². The molecule has 0 aromatic heterocycles. The fourth-order valence-electron chi connectivity index (χ4n) is 3.66. The first-order valence-electron chi connectivity index (χ1n) is 9.96. The monoisotopic (exact) mass is 380 g/mol. The standard InChI is InChI=1S/C23H28N2O3/c1-17-3-2-15-25(17)16-13-18-4-6-19(7-5-18)20-8-10-21(11-9-20)23(28)24-14-12-22(26)27/h4-11,17H,2-3,12-16H2,1H3,(H,24,28)(H,26,27). The first-order chi connectivity index (χ1) is 13.5. The molecule has 0 spiro atoms. The van der Waals surface area contributed by atoms with Gasteiger partial charge in [-0.3, -0.25) is 9.59 Å². The smallest absolute Gasteiger partial charge is 0.305 e. The number of hydrogen-bond acceptors (Lipinski definition) is 3. The van der Waals surface area contributed by atoms with Crippen molar-refractivity contribution in [1.82, 2.24) is 10.2 Å². The van der Waals surface area contributed by atoms with Crippen LogP contribution in [0.4, 0.5) is 0 Å². The molecular weight excluding hydrogens is 352 g/mol. The van der Waals surface area contributed by atoms with Gasteiger partial charge in [0, 0.05) is 24.7 Å². The van der Waals surface area contributed by atoms with Crippen molar-refractivity contribution in [3.05, 3.63) is 59.7 Å². The van der Waals surface area contributed by atoms with Crippen molar-refractivity contribution in [2.75, 3.05) is 19.6 Å². The Balaban J connectivity index is 1.54. The second-order valence-electron chi connectivity index (χ2n) is 7.45. The summed E-state index contributed by atoms with van der Waals surface area (Å²) < 4.78 is 0. The number of hydrogen-bond donors (Lipinski definition) is 2. The van der Waals surface area contributed by atoms with E-state index in [1.807, 2.05) is 12.1 Å². The van der Waals surface area contributed by atoms with E-state index in [1.165, 1.54) is 24.9 Å². The molecule has 1 atom stereocenters. The van der Waals surface area contributed by atoms with E-state index in [9.17, 15) is 9.59 Å². The second kappa shape index (κ2) is 9.51. The zero-order valence-electron chi connectivity index (χ0n) is 16.4. The van der Waals surface area contributed by atoms with Crippen LogP contribution in [0.5, 0.6) is 0 Å². The van der Waals surface area contributed by atoms with E-state index in [-0.39, 0.29) is 18.9 Å². The number of aliphatic carboxylic acids is 1. The largest absolute Gasteiger partial charge is 0.481 e. The van der Waals surface area contributed by atoms with Gasteiger partial charge in [0.25, 0.3) is 5.91 Å². The summed E-state index contributed by atoms with van der Waals surface area (Å²) in [7, 11) is 0. The van der Waals surface area contributed by atoms with Gasteiger partial charge in [-0.05, 0) is 61.6 Å². The van der Waals surface area contributed by atoms with Crippen LogP contribution in [0.2, 0.25) is 0 Å². The predicted octanol–water partition coefficient (Wildman–Crippen LogP) is 3.58. The van der Waals surface area contributed by atoms with Crippen LogP contribution in [0.3, 0.4) is 0 Å². The first kappa shape index (κ1) is 20.1. The lowest BCUT2D eigenvalue weighted by Gasteiger charge is -2.20. The number of benzene rings is 2. The van der Waals surface area contributed by atoms with Crippen LogP contribution in [-0.4, -0.2) is 47.6 Å². The number of carbonyl (C=O) groups excluding carboxylic acids is 1. The van der Waals surface area contributed by atoms with Gasteiger partial charge in [-0.1, -0.05) is 36.4 Å². The quantitative estimate of drug-likeness (QED) is 0.734. The van der Waals surface area contributed by atoms with E-state index in [0.717, 1.165) is 24.1 Å². The number of carboxylic acids is 1. The molecule has 2 aromatic carbocycles. The zero-order valence-corrected chi connectivity index (χ0v) is 16.4. The Morgan fingerprint density at radius 2 is 1.71 bits per heavy atom. The van der Waals surface area contributed by atoms with Crippen molar-refractivity contribution in [2.45, 2.75) is 38.6 Å². The molecule has 1 aliphatic rings. The molecule has 0 aliphatic carbocycles. The number of carbonyl (C=O) groups is 2. The van der Waals surface area contributed by atoms with Crippen molar-refractivity contribution in [3.63, 3.8) is 0 Å². The molecule has 5 heteroatoms. The molecule has 2 N–H and O–H groups in total. The molecule has 0 radical (unpaired) electrons. The fourth-order valence-corrected chi connectivity index (χ4v) is 3.66. The van der Waals surface area contributed by atoms with Crippen LogP contribution in [0.1, 0.15) is 42.1 Å². The summed E-state index contributed by atoms with van der Waals surface area (Å²) in [5, 5.41) is 11.2. The highest BCUT2D eigenvalue weighted by Gasteiger charge is 2.19. The second-order valence-corrected chi connectivity index (χ2v) is 7.45. The number of likely N-dealkylation sites (tertiary alicyclic amines) is 1. The van der Waals surface area contributed by atoms with Gasteiger partial charge in [0.1, 0.15) is 0 Å². The van der Waals surface area contributed by atoms with E-state index >= 15 is 0 Å². The SMILES string of the molecule is CC1CCCN1CCc1ccc(-c2ccc(C(=O)NCCC(=O)O)cc2)cc1. The van der Waals surface area contributed by atoms with Gasteiger partial charge >= 0.3 is 5.97 Å². The Hall–Kier alpha value is -2.66. The van der Waals surface area contributed by atoms with Gasteiger partial charge in [0.05, 0.1) is 6.42 Å². The van der Waals surface area contributed by atoms with Crippen LogP contribution in [0.25, 0.3) is 11.1 Å². The average molecular weight is 380 g/mol. The molecule has 1 amide bonds. The number of nitrogens with one attached hydrogen (secondary N) is 1. The minimum absolute atomic E-state index is 0.0765. The zero-order chi connectivity index (χ0) is 19.9. The van der Waals surface area contributed by atoms with Crippen LogP contribution in [0, 0.1) is 0 Å². The lowest BCUT2D eigenvalue weighted by Crippen LogP contribution is -2.28. The molecule has 1 heterocycles. The minimum Gasteiger partial charge on any atom is -0.481 e. The van der Waals surface area contributed by atoms with Crippen molar-refractivity contribution in [2.24, 2.45) is 0 Å². The molecule has 3 rings (SSSR count). The van der Waals surface area contributed by atoms with E-state index in [1.54, 1.807) is 12.1 Å². The van der Waals surface area contributed by atoms with Gasteiger partial charge in [0.15, 0.2) is 0 Å². The normalized spacial score (nSPS) is 16.8. The summed E-state index contributed by atoms with van der Waals surface area (Å²) in [6, 6.07) is 16.7. The highest BCUT2D eigenvalue weighted by Crippen LogP contribution is 2.22. The van der Waals surface area contributed by atoms with Gasteiger partial charge in [-0.15, -0.1) is 0 Å². The van der Waals surface area contributed by atoms with Gasteiger partial charge in [-0.25, -0.2) is 0 Å². The maximum atomic E-state index is 12.0. The lowest BCUT2D eigenvalue weighted by molar-refractivity contribution is -0.136. The van der Waals surface area contributed by atoms with E-state index < -0.39 is 5.97 Å². The van der Waals surface area contributed by atoms with E-state index in [0.29, 0.717) is 11.6 Å². The molecule has 1 fully saturated rings. The van der Waals surface area contributed by atoms with Crippen LogP contribution in [0.15, 0.2) is 48.5 Å². The van der Waals surface area contributed by atoms with Gasteiger partial charge in [0.2, 0.25) is 0 Å². The van der Waals surface area contributed by atoms with E-state index in [2.05, 4.69) is 41.4 Å². The number of carboxylic acid groups (broad SMARTS) is 1. The molecule has 0 saturated carbocycles. The van der Waals surface area contributed by atoms with Crippen LogP contribution >= 0.6 is 0 Å². The summed E-state index contributed by atoms with van der Waals surface area (Å²) in [4.78, 5) is 25.1. The molecule has 2 aromatic rings. The molecule has 1 aliphatic heterocycles. The van der Waals surface area contributed by atoms with Crippen LogP contribution in [-0.2, 0) is 11.2 Å². The molecule has 1 unspecified atom stereocenters. The van der Waals surface area contributed by atoms with Gasteiger partial charge < -0.3 is 15.3 Å². The number of rotatable bonds is 8. The molecule has 148 valence electrons. The van der Waals surface area contributed by atoms with Crippen LogP contribution < -0.4 is 5.32 Å². The Bertz CT molecular complexity index is 800. The molecular formula is C23H28N2O3. The maximum absolute atomic E-state index is 12.0. The molecule has 1 saturated heterocycles. The summed E-state index contributed by atoms with van der Waals surface area (Å²) in [5.74, 6) is -1.17. The van der Waals surface area contributed by atoms with Crippen molar-refractivity contribution >= 4 is 11.9 Å². The highest BCUT2D eigenvalue weighted by molar-refractivity contribution is 5.94. The Kier molecular flexibility index (Phi) is 6.82. The highest BCUT2D eigenvalue weighted by atomic mass is 16.4. The minimum atomic E-state index is -0.922. The third kappa shape index (κ3) is 5.42. The van der Waals surface area contributed by atoms with Gasteiger partial charge in [-0.2, -0.15) is 0 Å². The summed E-state index contributed by atoms with van der Waals surface area (Å²) in [6.07, 6.45) is 3.62. The summed E-state index contributed by atoms with van der Waals surface area (Å²) in [6.45, 7) is 4.78. The summed E-state index contributed by atoms with van der Waals surface area (Å²) >= 11 is 0. The van der Waals surface area contributed by atoms with Crippen molar-refractivity contribution in [3.8, 4) is 11.1 Å². The number of amides is 1. The predicted molar refractivity (Wildman–Crippen MR) is 110 cm³/mol. The summed E-state index contributed by atoms with van der Waals surface area (Å²) in [5.41, 5.74) is 4.06. The molecule has 5 nitrogen and oxygen atoms in total. The Morgan fingerprint density at radius 1 is 1.07 bits per heavy atom. The first-order valence-corrected chi connectivity index (χ1v) is 9.96. The fraction of sp³-hybridized carbons (Fsp3) is 0.391.